The number of ether oxygens (including phenoxy) is 4. The molecule has 7 aromatic rings. The van der Waals surface area contributed by atoms with E-state index < -0.39 is 29.2 Å². The molecule has 0 spiro atoms. The molecule has 6 heterocycles. The van der Waals surface area contributed by atoms with E-state index in [1.54, 1.807) is 99.0 Å². The fourth-order valence-electron chi connectivity index (χ4n) is 8.82. The van der Waals surface area contributed by atoms with Crippen LogP contribution in [-0.2, 0) is 47.8 Å². The van der Waals surface area contributed by atoms with Crippen LogP contribution in [0.2, 0.25) is 0 Å². The molecule has 9 rings (SSSR count). The number of thiophene rings is 4. The van der Waals surface area contributed by atoms with Crippen LogP contribution in [-0.4, -0.2) is 94.7 Å². The van der Waals surface area contributed by atoms with Crippen LogP contribution < -0.4 is 25.6 Å². The minimum atomic E-state index is -0.681. The standard InChI is InChI=1S/C36H38N8O5S2.C22H26N2O3S2/c1-35(2,3)49-32(45)25(38-6)15-22-14-23-28(50-22)29-24(36(23,4)5)16-26(51-29)44(7)12-13-47-34(46)39-17-20-8-10-21(11-9-20)18-48-31-27-30(41-19-40-27)42-33(37)43-31;1-21(2,3)27-20(26)16(23-6)11-13-10-14-18(28-13)19-15(22(14,4)5)12-17(29-19)24(7)8-9-25/h8-11,14-16,19H,12-13,17-18H2,1-5,7H3,(H,39,46)(H3,37,40,41,42,43);10-12,25H,8-9H2,1-5,7H3/b25-15-;16-11-. The highest BCUT2D eigenvalue weighted by atomic mass is 32.1. The van der Waals surface area contributed by atoms with E-state index in [0.717, 1.165) is 35.8 Å². The van der Waals surface area contributed by atoms with E-state index >= 15 is 0 Å². The maximum atomic E-state index is 12.6. The Bertz CT molecular complexity index is 3630. The number of nitrogens with two attached hydrogens (primary N) is 1. The van der Waals surface area contributed by atoms with Gasteiger partial charge in [0.15, 0.2) is 5.65 Å². The SMILES string of the molecule is [C-]#[N+]/C(=C\c1cc2c(s1)-c1sc(N(C)CCO)cc1C2(C)C)C(=O)OC(C)(C)C.[C-]#[N+]/C(=C\c1cc2c(s1)-c1sc(N(C)CCOC(=O)NCc3ccc(COc4nc(N)nc5nc[nH]c45)cc3)cc1C2(C)C)C(=O)OC(C)(C)C. The third kappa shape index (κ3) is 13.0. The molecule has 0 aliphatic heterocycles. The lowest BCUT2D eigenvalue weighted by Crippen LogP contribution is -2.28. The van der Waals surface area contributed by atoms with Gasteiger partial charge in [-0.1, -0.05) is 52.0 Å². The summed E-state index contributed by atoms with van der Waals surface area (Å²) in [4.78, 5) is 70.0. The van der Waals surface area contributed by atoms with E-state index in [-0.39, 0.29) is 48.0 Å². The molecule has 0 radical (unpaired) electrons. The lowest BCUT2D eigenvalue weighted by atomic mass is 9.84. The molecule has 0 fully saturated rings. The van der Waals surface area contributed by atoms with Crippen molar-refractivity contribution in [3.8, 4) is 25.4 Å². The van der Waals surface area contributed by atoms with E-state index in [1.807, 2.05) is 38.4 Å². The van der Waals surface area contributed by atoms with Gasteiger partial charge >= 0.3 is 18.0 Å². The third-order valence-corrected chi connectivity index (χ3v) is 18.0. The molecule has 2 aliphatic carbocycles. The second-order valence-electron chi connectivity index (χ2n) is 22.1. The Balaban J connectivity index is 0.000000245. The summed E-state index contributed by atoms with van der Waals surface area (Å²) in [5.74, 6) is -0.803. The van der Waals surface area contributed by atoms with Crippen LogP contribution in [0.4, 0.5) is 20.7 Å². The minimum absolute atomic E-state index is 0.00701. The quantitative estimate of drug-likeness (QED) is 0.0306. The molecule has 2 aliphatic rings. The van der Waals surface area contributed by atoms with Crippen molar-refractivity contribution in [3.05, 3.63) is 132 Å². The van der Waals surface area contributed by atoms with E-state index in [1.165, 1.54) is 43.2 Å². The summed E-state index contributed by atoms with van der Waals surface area (Å²) in [6.45, 7) is 36.4. The number of amides is 1. The zero-order chi connectivity index (χ0) is 58.1. The number of nitrogens with one attached hydrogen (secondary N) is 2. The predicted molar refractivity (Wildman–Crippen MR) is 319 cm³/mol. The van der Waals surface area contributed by atoms with Crippen molar-refractivity contribution in [1.29, 1.82) is 0 Å². The van der Waals surface area contributed by atoms with Crippen molar-refractivity contribution in [1.82, 2.24) is 25.3 Å². The number of benzene rings is 1. The van der Waals surface area contributed by atoms with Crippen LogP contribution >= 0.6 is 45.3 Å². The maximum Gasteiger partial charge on any atom is 0.407 e. The van der Waals surface area contributed by atoms with E-state index in [4.69, 9.17) is 37.8 Å². The predicted octanol–water partition coefficient (Wildman–Crippen LogP) is 12.1. The third-order valence-electron chi connectivity index (χ3n) is 13.0. The number of H-pyrrole nitrogens is 1. The van der Waals surface area contributed by atoms with Gasteiger partial charge in [-0.2, -0.15) is 9.97 Å². The first-order valence-corrected chi connectivity index (χ1v) is 28.8. The average molecular weight is 1160 g/mol. The topological polar surface area (TPSA) is 216 Å². The van der Waals surface area contributed by atoms with Crippen LogP contribution in [0, 0.1) is 13.1 Å². The van der Waals surface area contributed by atoms with Gasteiger partial charge in [-0.25, -0.2) is 19.5 Å². The van der Waals surface area contributed by atoms with Crippen molar-refractivity contribution in [2.45, 2.75) is 104 Å². The van der Waals surface area contributed by atoms with Gasteiger partial charge in [0.05, 0.1) is 52.4 Å². The number of carbonyl (C=O) groups excluding carboxylic acids is 3. The lowest BCUT2D eigenvalue weighted by Gasteiger charge is -2.20. The van der Waals surface area contributed by atoms with E-state index in [2.05, 4.69) is 96.7 Å². The van der Waals surface area contributed by atoms with Crippen molar-refractivity contribution in [2.24, 2.45) is 0 Å². The van der Waals surface area contributed by atoms with Gasteiger partial charge in [-0.05, 0) is 111 Å². The van der Waals surface area contributed by atoms with Gasteiger partial charge in [0.1, 0.15) is 29.9 Å². The Kier molecular flexibility index (Phi) is 17.0. The summed E-state index contributed by atoms with van der Waals surface area (Å²) in [6, 6.07) is 16.2. The molecule has 0 saturated carbocycles. The number of anilines is 3. The Labute approximate surface area is 481 Å². The number of hydrogen-bond donors (Lipinski definition) is 4. The number of aliphatic hydroxyl groups is 1. The molecule has 418 valence electrons. The van der Waals surface area contributed by atoms with Crippen molar-refractivity contribution in [3.63, 3.8) is 0 Å². The molecule has 80 heavy (non-hydrogen) atoms. The summed E-state index contributed by atoms with van der Waals surface area (Å²) >= 11 is 6.57. The van der Waals surface area contributed by atoms with Crippen LogP contribution in [0.1, 0.15) is 112 Å². The van der Waals surface area contributed by atoms with Crippen LogP contribution in [0.25, 0.3) is 52.5 Å². The first-order chi connectivity index (χ1) is 37.7. The number of likely N-dealkylation sites (N-methyl/N-ethyl adjacent to an activating group) is 2. The number of fused-ring (bicyclic) bond motifs is 7. The number of carbonyl (C=O) groups is 3. The van der Waals surface area contributed by atoms with Crippen LogP contribution in [0.3, 0.4) is 0 Å². The van der Waals surface area contributed by atoms with E-state index in [0.29, 0.717) is 36.7 Å². The minimum Gasteiger partial charge on any atom is -0.471 e. The monoisotopic (exact) mass is 1160 g/mol. The molecule has 1 amide bonds. The highest BCUT2D eigenvalue weighted by Crippen LogP contribution is 2.58. The first kappa shape index (κ1) is 58.5. The van der Waals surface area contributed by atoms with Gasteiger partial charge in [-0.3, -0.25) is 9.59 Å². The van der Waals surface area contributed by atoms with Gasteiger partial charge in [0, 0.05) is 57.5 Å². The number of aromatic amines is 1. The van der Waals surface area contributed by atoms with E-state index in [9.17, 15) is 19.5 Å². The first-order valence-electron chi connectivity index (χ1n) is 25.5. The fourth-order valence-corrected chi connectivity index (χ4v) is 14.3. The molecule has 1 aromatic carbocycles. The molecule has 22 heteroatoms. The molecular formula is C58H64N10O8S4. The van der Waals surface area contributed by atoms with Gasteiger partial charge in [-0.15, -0.1) is 45.3 Å². The van der Waals surface area contributed by atoms with Gasteiger partial charge < -0.3 is 49.9 Å². The number of imidazole rings is 1. The number of hydrogen-bond acceptors (Lipinski definition) is 18. The Morgan fingerprint density at radius 3 is 1.70 bits per heavy atom. The van der Waals surface area contributed by atoms with Crippen molar-refractivity contribution >= 4 is 103 Å². The Morgan fingerprint density at radius 1 is 0.738 bits per heavy atom. The summed E-state index contributed by atoms with van der Waals surface area (Å²) in [7, 11) is 3.96. The molecule has 0 bridgehead atoms. The average Bonchev–Trinajstić information content (AvgIpc) is 4.38. The molecule has 18 nitrogen and oxygen atoms in total. The highest BCUT2D eigenvalue weighted by Gasteiger charge is 2.41. The Hall–Kier alpha value is -7.60. The largest absolute Gasteiger partial charge is 0.471 e. The van der Waals surface area contributed by atoms with Crippen molar-refractivity contribution < 1.29 is 38.4 Å². The second-order valence-corrected chi connectivity index (χ2v) is 26.4. The number of rotatable bonds is 16. The second kappa shape index (κ2) is 23.2. The maximum absolute atomic E-state index is 12.6. The number of aliphatic hydroxyl groups excluding tert-OH is 1. The van der Waals surface area contributed by atoms with Gasteiger partial charge in [0.2, 0.25) is 11.8 Å². The molecule has 5 N–H and O–H groups in total. The highest BCUT2D eigenvalue weighted by molar-refractivity contribution is 7.25. The van der Waals surface area contributed by atoms with Crippen LogP contribution in [0.15, 0.2) is 66.3 Å². The molecule has 6 aromatic heterocycles. The van der Waals surface area contributed by atoms with Gasteiger partial charge in [0.25, 0.3) is 11.4 Å². The number of alkyl carbamates (subject to hydrolysis) is 1. The van der Waals surface area contributed by atoms with Crippen LogP contribution in [0.5, 0.6) is 5.88 Å². The fraction of sp³-hybridized carbons (Fsp3) is 0.379. The number of aromatic nitrogens is 4. The lowest BCUT2D eigenvalue weighted by molar-refractivity contribution is -0.150. The number of nitrogens with zero attached hydrogens (tertiary/aromatic N) is 7. The summed E-state index contributed by atoms with van der Waals surface area (Å²) < 4.78 is 22.1. The molecular weight excluding hydrogens is 1090 g/mol. The summed E-state index contributed by atoms with van der Waals surface area (Å²) in [5.41, 5.74) is 11.8. The normalized spacial score (nSPS) is 13.9. The smallest absolute Gasteiger partial charge is 0.407 e. The zero-order valence-corrected chi connectivity index (χ0v) is 50.0. The molecule has 0 saturated heterocycles. The summed E-state index contributed by atoms with van der Waals surface area (Å²) in [6.07, 6.45) is 4.26. The summed E-state index contributed by atoms with van der Waals surface area (Å²) in [5, 5.41) is 14.2. The molecule has 0 unspecified atom stereocenters. The number of nitrogen functional groups attached to an aromatic ring is 1. The number of esters is 2. The van der Waals surface area contributed by atoms with Crippen molar-refractivity contribution in [2.75, 3.05) is 55.9 Å². The zero-order valence-electron chi connectivity index (χ0n) is 46.7. The molecule has 0 atom stereocenters. The Morgan fingerprint density at radius 2 is 1.21 bits per heavy atom.